The molecule has 0 saturated carbocycles. The number of rotatable bonds is 1. The van der Waals surface area contributed by atoms with Crippen LogP contribution in [0.5, 0.6) is 0 Å². The smallest absolute Gasteiger partial charge is 0.239 e. The topological polar surface area (TPSA) is 32.3 Å². The first kappa shape index (κ1) is 10.9. The molecule has 1 amide bonds. The van der Waals surface area contributed by atoms with E-state index in [1.807, 2.05) is 0 Å². The largest absolute Gasteiger partial charge is 0.341 e. The molecule has 2 atom stereocenters. The predicted molar refractivity (Wildman–Crippen MR) is 60.6 cm³/mol. The quantitative estimate of drug-likeness (QED) is 0.709. The van der Waals surface area contributed by atoms with Crippen LogP contribution in [0, 0.1) is 5.92 Å². The lowest BCUT2D eigenvalue weighted by Crippen LogP contribution is -2.51. The minimum Gasteiger partial charge on any atom is -0.341 e. The van der Waals surface area contributed by atoms with Gasteiger partial charge in [-0.1, -0.05) is 13.3 Å². The van der Waals surface area contributed by atoms with Gasteiger partial charge in [0.2, 0.25) is 5.91 Å². The molecule has 2 rings (SSSR count). The van der Waals surface area contributed by atoms with E-state index in [9.17, 15) is 4.79 Å². The van der Waals surface area contributed by atoms with Crippen molar-refractivity contribution in [3.05, 3.63) is 0 Å². The van der Waals surface area contributed by atoms with E-state index < -0.39 is 0 Å². The normalized spacial score (nSPS) is 32.7. The van der Waals surface area contributed by atoms with Crippen molar-refractivity contribution in [1.29, 1.82) is 0 Å². The third-order valence-electron chi connectivity index (χ3n) is 3.58. The van der Waals surface area contributed by atoms with Gasteiger partial charge in [0.05, 0.1) is 6.04 Å². The SMILES string of the molecule is C[C@H]1CCCN(C(=O)[C@@H]2CCCCN2)C1. The summed E-state index contributed by atoms with van der Waals surface area (Å²) in [6.45, 7) is 5.20. The van der Waals surface area contributed by atoms with Crippen molar-refractivity contribution in [1.82, 2.24) is 10.2 Å². The predicted octanol–water partition coefficient (Wildman–Crippen LogP) is 1.39. The second-order valence-electron chi connectivity index (χ2n) is 5.03. The maximum Gasteiger partial charge on any atom is 0.239 e. The Bertz CT molecular complexity index is 224. The molecule has 0 aromatic rings. The molecular weight excluding hydrogens is 188 g/mol. The Kier molecular flexibility index (Phi) is 3.62. The first-order valence-corrected chi connectivity index (χ1v) is 6.29. The number of nitrogens with zero attached hydrogens (tertiary/aromatic N) is 1. The summed E-state index contributed by atoms with van der Waals surface area (Å²) in [5, 5.41) is 3.34. The van der Waals surface area contributed by atoms with Crippen LogP contribution < -0.4 is 5.32 Å². The fourth-order valence-corrected chi connectivity index (χ4v) is 2.67. The van der Waals surface area contributed by atoms with Crippen LogP contribution in [0.4, 0.5) is 0 Å². The Labute approximate surface area is 92.2 Å². The summed E-state index contributed by atoms with van der Waals surface area (Å²) in [6.07, 6.45) is 5.91. The summed E-state index contributed by atoms with van der Waals surface area (Å²) < 4.78 is 0. The van der Waals surface area contributed by atoms with E-state index in [2.05, 4.69) is 17.1 Å². The fourth-order valence-electron chi connectivity index (χ4n) is 2.67. The molecule has 0 aromatic heterocycles. The minimum absolute atomic E-state index is 0.115. The summed E-state index contributed by atoms with van der Waals surface area (Å²) >= 11 is 0. The maximum absolute atomic E-state index is 12.2. The fraction of sp³-hybridized carbons (Fsp3) is 0.917. The maximum atomic E-state index is 12.2. The number of carbonyl (C=O) groups excluding carboxylic acids is 1. The van der Waals surface area contributed by atoms with Gasteiger partial charge >= 0.3 is 0 Å². The summed E-state index contributed by atoms with van der Waals surface area (Å²) in [6, 6.07) is 0.115. The molecule has 2 fully saturated rings. The number of hydrogen-bond acceptors (Lipinski definition) is 2. The molecule has 3 heteroatoms. The second kappa shape index (κ2) is 4.97. The van der Waals surface area contributed by atoms with Gasteiger partial charge in [-0.3, -0.25) is 4.79 Å². The van der Waals surface area contributed by atoms with E-state index in [-0.39, 0.29) is 6.04 Å². The molecule has 2 aliphatic heterocycles. The van der Waals surface area contributed by atoms with E-state index in [1.165, 1.54) is 25.7 Å². The van der Waals surface area contributed by atoms with Crippen molar-refractivity contribution in [2.24, 2.45) is 5.92 Å². The van der Waals surface area contributed by atoms with Crippen LogP contribution in [0.3, 0.4) is 0 Å². The lowest BCUT2D eigenvalue weighted by Gasteiger charge is -2.35. The van der Waals surface area contributed by atoms with Crippen molar-refractivity contribution in [2.45, 2.75) is 45.1 Å². The van der Waals surface area contributed by atoms with E-state index in [0.717, 1.165) is 26.1 Å². The lowest BCUT2D eigenvalue weighted by atomic mass is 9.98. The van der Waals surface area contributed by atoms with E-state index in [4.69, 9.17) is 0 Å². The summed E-state index contributed by atoms with van der Waals surface area (Å²) in [7, 11) is 0. The first-order chi connectivity index (χ1) is 7.27. The van der Waals surface area contributed by atoms with Crippen LogP contribution in [0.25, 0.3) is 0 Å². The van der Waals surface area contributed by atoms with Gasteiger partial charge in [-0.15, -0.1) is 0 Å². The first-order valence-electron chi connectivity index (χ1n) is 6.29. The molecule has 0 spiro atoms. The molecule has 2 saturated heterocycles. The Morgan fingerprint density at radius 2 is 2.13 bits per heavy atom. The average Bonchev–Trinajstić information content (AvgIpc) is 2.29. The highest BCUT2D eigenvalue weighted by atomic mass is 16.2. The standard InChI is InChI=1S/C12H22N2O/c1-10-5-4-8-14(9-10)12(15)11-6-2-3-7-13-11/h10-11,13H,2-9H2,1H3/t10-,11-/m0/s1. The molecule has 15 heavy (non-hydrogen) atoms. The molecular formula is C12H22N2O. The highest BCUT2D eigenvalue weighted by Crippen LogP contribution is 2.18. The van der Waals surface area contributed by atoms with Crippen LogP contribution in [0.2, 0.25) is 0 Å². The molecule has 3 nitrogen and oxygen atoms in total. The van der Waals surface area contributed by atoms with Crippen molar-refractivity contribution < 1.29 is 4.79 Å². The molecule has 0 unspecified atom stereocenters. The third-order valence-corrected chi connectivity index (χ3v) is 3.58. The van der Waals surface area contributed by atoms with Gasteiger partial charge in [-0.05, 0) is 38.1 Å². The Balaban J connectivity index is 1.88. The molecule has 1 N–H and O–H groups in total. The molecule has 2 aliphatic rings. The van der Waals surface area contributed by atoms with E-state index in [0.29, 0.717) is 11.8 Å². The molecule has 0 radical (unpaired) electrons. The zero-order valence-corrected chi connectivity index (χ0v) is 9.67. The highest BCUT2D eigenvalue weighted by molar-refractivity contribution is 5.82. The summed E-state index contributed by atoms with van der Waals surface area (Å²) in [4.78, 5) is 14.2. The van der Waals surface area contributed by atoms with E-state index in [1.54, 1.807) is 0 Å². The van der Waals surface area contributed by atoms with Crippen molar-refractivity contribution >= 4 is 5.91 Å². The number of amides is 1. The van der Waals surface area contributed by atoms with Gasteiger partial charge in [0.1, 0.15) is 0 Å². The number of hydrogen-bond donors (Lipinski definition) is 1. The van der Waals surface area contributed by atoms with Gasteiger partial charge < -0.3 is 10.2 Å². The van der Waals surface area contributed by atoms with Gasteiger partial charge in [0.25, 0.3) is 0 Å². The Hall–Kier alpha value is -0.570. The van der Waals surface area contributed by atoms with Gasteiger partial charge in [0.15, 0.2) is 0 Å². The number of nitrogens with one attached hydrogen (secondary N) is 1. The van der Waals surface area contributed by atoms with Gasteiger partial charge in [-0.2, -0.15) is 0 Å². The number of carbonyl (C=O) groups is 1. The van der Waals surface area contributed by atoms with Crippen LogP contribution in [-0.4, -0.2) is 36.5 Å². The van der Waals surface area contributed by atoms with Crippen molar-refractivity contribution in [2.75, 3.05) is 19.6 Å². The molecule has 86 valence electrons. The molecule has 0 bridgehead atoms. The average molecular weight is 210 g/mol. The summed E-state index contributed by atoms with van der Waals surface area (Å²) in [5.74, 6) is 1.03. The number of piperidine rings is 2. The van der Waals surface area contributed by atoms with Gasteiger partial charge in [0, 0.05) is 13.1 Å². The van der Waals surface area contributed by atoms with Gasteiger partial charge in [-0.25, -0.2) is 0 Å². The third kappa shape index (κ3) is 2.71. The second-order valence-corrected chi connectivity index (χ2v) is 5.03. The Morgan fingerprint density at radius 3 is 2.80 bits per heavy atom. The minimum atomic E-state index is 0.115. The monoisotopic (exact) mass is 210 g/mol. The molecule has 2 heterocycles. The van der Waals surface area contributed by atoms with Crippen molar-refractivity contribution in [3.63, 3.8) is 0 Å². The molecule has 0 aromatic carbocycles. The lowest BCUT2D eigenvalue weighted by molar-refractivity contribution is -0.135. The van der Waals surface area contributed by atoms with Crippen LogP contribution in [-0.2, 0) is 4.79 Å². The number of likely N-dealkylation sites (tertiary alicyclic amines) is 1. The summed E-state index contributed by atoms with van der Waals surface area (Å²) in [5.41, 5.74) is 0. The van der Waals surface area contributed by atoms with Crippen LogP contribution >= 0.6 is 0 Å². The van der Waals surface area contributed by atoms with E-state index >= 15 is 0 Å². The van der Waals surface area contributed by atoms with Crippen molar-refractivity contribution in [3.8, 4) is 0 Å². The van der Waals surface area contributed by atoms with Crippen LogP contribution in [0.15, 0.2) is 0 Å². The highest BCUT2D eigenvalue weighted by Gasteiger charge is 2.28. The Morgan fingerprint density at radius 1 is 1.27 bits per heavy atom. The zero-order chi connectivity index (χ0) is 10.7. The van der Waals surface area contributed by atoms with Crippen LogP contribution in [0.1, 0.15) is 39.0 Å². The molecule has 0 aliphatic carbocycles. The zero-order valence-electron chi connectivity index (χ0n) is 9.67.